The van der Waals surface area contributed by atoms with Crippen LogP contribution >= 0.6 is 0 Å². The topological polar surface area (TPSA) is 110 Å². The van der Waals surface area contributed by atoms with Gasteiger partial charge in [-0.15, -0.1) is 0 Å². The van der Waals surface area contributed by atoms with Gasteiger partial charge >= 0.3 is 0 Å². The Bertz CT molecular complexity index is 663. The van der Waals surface area contributed by atoms with Crippen molar-refractivity contribution < 1.29 is 25.2 Å². The fourth-order valence-corrected chi connectivity index (χ4v) is 4.91. The first-order valence-electron chi connectivity index (χ1n) is 16.8. The maximum atomic E-state index is 12.4. The van der Waals surface area contributed by atoms with Crippen LogP contribution in [-0.2, 0) is 4.79 Å². The second-order valence-corrected chi connectivity index (χ2v) is 11.5. The summed E-state index contributed by atoms with van der Waals surface area (Å²) in [5.74, 6) is -0.604. The standard InChI is InChI=1S/C35H65NO5/c1-3-5-7-9-11-13-15-17-19-21-23-25-27-29-33(39)35(41)36-31(30-37)34(40)32(38)28-26-24-22-20-18-16-14-12-10-8-6-4-2/h4,6,12,14,20,22,31-34,37-40H,3,5,7-11,13,15-19,21,23-30H2,1-2H3,(H,36,41)/b6-4+,14-12+,22-20+. The number of unbranched alkanes of at least 4 members (excludes halogenated alkanes) is 15. The van der Waals surface area contributed by atoms with Crippen molar-refractivity contribution in [3.8, 4) is 0 Å². The highest BCUT2D eigenvalue weighted by atomic mass is 16.3. The van der Waals surface area contributed by atoms with E-state index in [2.05, 4.69) is 48.7 Å². The predicted molar refractivity (Wildman–Crippen MR) is 173 cm³/mol. The highest BCUT2D eigenvalue weighted by Gasteiger charge is 2.28. The third-order valence-electron chi connectivity index (χ3n) is 7.65. The Labute approximate surface area is 252 Å². The van der Waals surface area contributed by atoms with E-state index in [0.717, 1.165) is 51.4 Å². The molecule has 0 spiro atoms. The molecule has 0 aromatic rings. The van der Waals surface area contributed by atoms with Crippen LogP contribution in [0.4, 0.5) is 0 Å². The van der Waals surface area contributed by atoms with E-state index >= 15 is 0 Å². The van der Waals surface area contributed by atoms with Crippen LogP contribution in [0.2, 0.25) is 0 Å². The lowest BCUT2D eigenvalue weighted by Gasteiger charge is -2.27. The summed E-state index contributed by atoms with van der Waals surface area (Å²) in [6, 6.07) is -1.01. The van der Waals surface area contributed by atoms with Gasteiger partial charge in [0.25, 0.3) is 0 Å². The van der Waals surface area contributed by atoms with Gasteiger partial charge in [-0.3, -0.25) is 4.79 Å². The van der Waals surface area contributed by atoms with Crippen molar-refractivity contribution in [2.75, 3.05) is 6.61 Å². The molecule has 6 heteroatoms. The van der Waals surface area contributed by atoms with E-state index in [9.17, 15) is 25.2 Å². The summed E-state index contributed by atoms with van der Waals surface area (Å²) < 4.78 is 0. The Hall–Kier alpha value is -1.47. The van der Waals surface area contributed by atoms with Gasteiger partial charge in [-0.1, -0.05) is 127 Å². The minimum Gasteiger partial charge on any atom is -0.394 e. The van der Waals surface area contributed by atoms with Crippen LogP contribution in [0.15, 0.2) is 36.5 Å². The summed E-state index contributed by atoms with van der Waals surface area (Å²) in [4.78, 5) is 12.4. The maximum Gasteiger partial charge on any atom is 0.249 e. The molecule has 4 unspecified atom stereocenters. The fraction of sp³-hybridized carbons (Fsp3) is 0.800. The average Bonchev–Trinajstić information content (AvgIpc) is 2.98. The van der Waals surface area contributed by atoms with Crippen LogP contribution in [0.3, 0.4) is 0 Å². The third kappa shape index (κ3) is 24.8. The van der Waals surface area contributed by atoms with Gasteiger partial charge in [-0.25, -0.2) is 0 Å². The summed E-state index contributed by atoms with van der Waals surface area (Å²) in [6.07, 6.45) is 31.7. The lowest BCUT2D eigenvalue weighted by molar-refractivity contribution is -0.132. The van der Waals surface area contributed by atoms with Crippen LogP contribution in [0.25, 0.3) is 0 Å². The molecule has 0 radical (unpaired) electrons. The van der Waals surface area contributed by atoms with E-state index < -0.39 is 36.9 Å². The second kappa shape index (κ2) is 30.0. The number of aliphatic hydroxyl groups excluding tert-OH is 4. The minimum absolute atomic E-state index is 0.360. The normalized spacial score (nSPS) is 15.2. The molecule has 0 fully saturated rings. The second-order valence-electron chi connectivity index (χ2n) is 11.5. The molecule has 0 aromatic heterocycles. The van der Waals surface area contributed by atoms with E-state index in [4.69, 9.17) is 0 Å². The number of hydrogen-bond acceptors (Lipinski definition) is 5. The molecule has 1 amide bonds. The Balaban J connectivity index is 3.93. The van der Waals surface area contributed by atoms with Crippen LogP contribution in [0.5, 0.6) is 0 Å². The van der Waals surface area contributed by atoms with Crippen molar-refractivity contribution in [2.24, 2.45) is 0 Å². The minimum atomic E-state index is -1.29. The fourth-order valence-electron chi connectivity index (χ4n) is 4.91. The van der Waals surface area contributed by atoms with E-state index in [0.29, 0.717) is 19.3 Å². The first kappa shape index (κ1) is 39.5. The van der Waals surface area contributed by atoms with Gasteiger partial charge in [0.05, 0.1) is 18.8 Å². The Morgan fingerprint density at radius 3 is 1.59 bits per heavy atom. The van der Waals surface area contributed by atoms with Crippen molar-refractivity contribution in [2.45, 2.75) is 173 Å². The molecule has 0 aliphatic carbocycles. The summed E-state index contributed by atoms with van der Waals surface area (Å²) in [6.45, 7) is 3.78. The number of hydrogen-bond donors (Lipinski definition) is 5. The summed E-state index contributed by atoms with van der Waals surface area (Å²) in [5, 5.41) is 43.2. The smallest absolute Gasteiger partial charge is 0.249 e. The Morgan fingerprint density at radius 1 is 0.634 bits per heavy atom. The van der Waals surface area contributed by atoms with Gasteiger partial charge in [0.1, 0.15) is 12.2 Å². The molecule has 0 aliphatic rings. The van der Waals surface area contributed by atoms with E-state index in [-0.39, 0.29) is 0 Å². The van der Waals surface area contributed by atoms with Crippen LogP contribution < -0.4 is 5.32 Å². The lowest BCUT2D eigenvalue weighted by Crippen LogP contribution is -2.53. The number of allylic oxidation sites excluding steroid dienone is 6. The van der Waals surface area contributed by atoms with Gasteiger partial charge < -0.3 is 25.7 Å². The number of nitrogens with one attached hydrogen (secondary N) is 1. The van der Waals surface area contributed by atoms with Crippen LogP contribution in [0.1, 0.15) is 149 Å². The molecule has 41 heavy (non-hydrogen) atoms. The largest absolute Gasteiger partial charge is 0.394 e. The molecule has 0 heterocycles. The van der Waals surface area contributed by atoms with Gasteiger partial charge in [-0.05, 0) is 58.3 Å². The van der Waals surface area contributed by atoms with Crippen LogP contribution in [0, 0.1) is 0 Å². The van der Waals surface area contributed by atoms with Gasteiger partial charge in [-0.2, -0.15) is 0 Å². The molecule has 0 saturated carbocycles. The third-order valence-corrected chi connectivity index (χ3v) is 7.65. The zero-order chi connectivity index (χ0) is 30.4. The van der Waals surface area contributed by atoms with E-state index in [1.54, 1.807) is 0 Å². The molecule has 0 rings (SSSR count). The monoisotopic (exact) mass is 579 g/mol. The number of carbonyl (C=O) groups is 1. The predicted octanol–water partition coefficient (Wildman–Crippen LogP) is 7.45. The highest BCUT2D eigenvalue weighted by molar-refractivity contribution is 5.80. The molecular formula is C35H65NO5. The lowest BCUT2D eigenvalue weighted by atomic mass is 10.00. The Kier molecular flexibility index (Phi) is 28.9. The van der Waals surface area contributed by atoms with Crippen molar-refractivity contribution in [3.63, 3.8) is 0 Å². The van der Waals surface area contributed by atoms with E-state index in [1.165, 1.54) is 64.2 Å². The number of aliphatic hydroxyl groups is 4. The Morgan fingerprint density at radius 2 is 1.10 bits per heavy atom. The van der Waals surface area contributed by atoms with Crippen LogP contribution in [-0.4, -0.2) is 57.3 Å². The first-order chi connectivity index (χ1) is 20.0. The van der Waals surface area contributed by atoms with Gasteiger partial charge in [0, 0.05) is 0 Å². The number of carbonyl (C=O) groups excluding carboxylic acids is 1. The summed E-state index contributed by atoms with van der Waals surface area (Å²) >= 11 is 0. The molecule has 5 N–H and O–H groups in total. The molecule has 0 bridgehead atoms. The maximum absolute atomic E-state index is 12.4. The molecule has 6 nitrogen and oxygen atoms in total. The molecule has 240 valence electrons. The van der Waals surface area contributed by atoms with Crippen molar-refractivity contribution in [1.82, 2.24) is 5.32 Å². The van der Waals surface area contributed by atoms with E-state index in [1.807, 2.05) is 6.92 Å². The molecular weight excluding hydrogens is 514 g/mol. The molecule has 0 saturated heterocycles. The van der Waals surface area contributed by atoms with Gasteiger partial charge in [0.15, 0.2) is 0 Å². The summed E-state index contributed by atoms with van der Waals surface area (Å²) in [7, 11) is 0. The SMILES string of the molecule is C/C=C/CC/C=C/CC/C=C/CCCC(O)C(O)C(CO)NC(=O)C(O)CCCCCCCCCCCCCCC. The van der Waals surface area contributed by atoms with Crippen molar-refractivity contribution in [3.05, 3.63) is 36.5 Å². The average molecular weight is 580 g/mol. The molecule has 4 atom stereocenters. The van der Waals surface area contributed by atoms with Gasteiger partial charge in [0.2, 0.25) is 5.91 Å². The zero-order valence-electron chi connectivity index (χ0n) is 26.5. The highest BCUT2D eigenvalue weighted by Crippen LogP contribution is 2.14. The first-order valence-corrected chi connectivity index (χ1v) is 16.8. The summed E-state index contributed by atoms with van der Waals surface area (Å²) in [5.41, 5.74) is 0. The number of rotatable bonds is 29. The van der Waals surface area contributed by atoms with Crippen molar-refractivity contribution >= 4 is 5.91 Å². The number of amides is 1. The zero-order valence-corrected chi connectivity index (χ0v) is 26.5. The van der Waals surface area contributed by atoms with Crippen molar-refractivity contribution in [1.29, 1.82) is 0 Å². The molecule has 0 aliphatic heterocycles. The quantitative estimate of drug-likeness (QED) is 0.0467. The molecule has 0 aromatic carbocycles.